The van der Waals surface area contributed by atoms with Gasteiger partial charge >= 0.3 is 0 Å². The summed E-state index contributed by atoms with van der Waals surface area (Å²) in [5.41, 5.74) is 3.35. The SMILES string of the molecule is CCNC(=NCc1scnc1C)NC(C)CCC(C)(C)C.I. The normalized spacial score (nSPS) is 13.5. The lowest BCUT2D eigenvalue weighted by Gasteiger charge is -2.23. The monoisotopic (exact) mass is 438 g/mol. The lowest BCUT2D eigenvalue weighted by Crippen LogP contribution is -2.42. The van der Waals surface area contributed by atoms with Gasteiger partial charge in [-0.3, -0.25) is 0 Å². The molecule has 4 nitrogen and oxygen atoms in total. The maximum Gasteiger partial charge on any atom is 0.191 e. The van der Waals surface area contributed by atoms with Gasteiger partial charge in [-0.2, -0.15) is 0 Å². The molecule has 0 amide bonds. The van der Waals surface area contributed by atoms with Crippen molar-refractivity contribution in [3.8, 4) is 0 Å². The second-order valence-electron chi connectivity index (χ2n) is 6.70. The molecule has 0 bridgehead atoms. The number of hydrogen-bond donors (Lipinski definition) is 2. The average Bonchev–Trinajstić information content (AvgIpc) is 2.79. The number of halogens is 1. The lowest BCUT2D eigenvalue weighted by molar-refractivity contribution is 0.346. The minimum Gasteiger partial charge on any atom is -0.357 e. The van der Waals surface area contributed by atoms with Crippen molar-refractivity contribution in [2.24, 2.45) is 10.4 Å². The number of guanidine groups is 1. The molecule has 2 N–H and O–H groups in total. The molecule has 0 aliphatic rings. The molecule has 0 saturated heterocycles. The first-order valence-corrected chi connectivity index (χ1v) is 8.63. The maximum absolute atomic E-state index is 4.67. The highest BCUT2D eigenvalue weighted by Gasteiger charge is 2.13. The average molecular weight is 438 g/mol. The van der Waals surface area contributed by atoms with E-state index in [1.54, 1.807) is 11.3 Å². The summed E-state index contributed by atoms with van der Waals surface area (Å²) in [7, 11) is 0. The Balaban J connectivity index is 0.00000441. The largest absolute Gasteiger partial charge is 0.357 e. The van der Waals surface area contributed by atoms with Crippen LogP contribution in [-0.4, -0.2) is 23.5 Å². The Morgan fingerprint density at radius 2 is 2.09 bits per heavy atom. The predicted molar refractivity (Wildman–Crippen MR) is 108 cm³/mol. The van der Waals surface area contributed by atoms with Gasteiger partial charge in [0.2, 0.25) is 0 Å². The predicted octanol–water partition coefficient (Wildman–Crippen LogP) is 4.34. The second-order valence-corrected chi connectivity index (χ2v) is 7.64. The Kier molecular flexibility index (Phi) is 10.2. The Labute approximate surface area is 156 Å². The molecule has 0 aromatic carbocycles. The third kappa shape index (κ3) is 8.92. The van der Waals surface area contributed by atoms with Gasteiger partial charge in [0.25, 0.3) is 0 Å². The van der Waals surface area contributed by atoms with Gasteiger partial charge in [0.15, 0.2) is 5.96 Å². The molecule has 6 heteroatoms. The zero-order chi connectivity index (χ0) is 15.9. The Morgan fingerprint density at radius 1 is 1.41 bits per heavy atom. The van der Waals surface area contributed by atoms with Crippen LogP contribution in [0.4, 0.5) is 0 Å². The fraction of sp³-hybridized carbons (Fsp3) is 0.750. The molecule has 0 spiro atoms. The Morgan fingerprint density at radius 3 is 2.59 bits per heavy atom. The van der Waals surface area contributed by atoms with Crippen molar-refractivity contribution in [2.45, 2.75) is 67.0 Å². The molecule has 0 aliphatic carbocycles. The van der Waals surface area contributed by atoms with Crippen molar-refractivity contribution in [3.05, 3.63) is 16.1 Å². The molecule has 1 atom stereocenters. The lowest BCUT2D eigenvalue weighted by atomic mass is 9.89. The van der Waals surface area contributed by atoms with Crippen LogP contribution in [0.1, 0.15) is 58.0 Å². The van der Waals surface area contributed by atoms with Gasteiger partial charge in [0.1, 0.15) is 0 Å². The number of nitrogens with zero attached hydrogens (tertiary/aromatic N) is 2. The number of aromatic nitrogens is 1. The van der Waals surface area contributed by atoms with Crippen molar-refractivity contribution in [1.29, 1.82) is 0 Å². The molecule has 128 valence electrons. The van der Waals surface area contributed by atoms with E-state index < -0.39 is 0 Å². The first-order chi connectivity index (χ1) is 9.81. The van der Waals surface area contributed by atoms with Crippen molar-refractivity contribution in [1.82, 2.24) is 15.6 Å². The van der Waals surface area contributed by atoms with E-state index in [1.165, 1.54) is 11.3 Å². The molecule has 0 radical (unpaired) electrons. The van der Waals surface area contributed by atoms with E-state index >= 15 is 0 Å². The molecule has 1 aromatic rings. The van der Waals surface area contributed by atoms with Crippen molar-refractivity contribution >= 4 is 41.3 Å². The van der Waals surface area contributed by atoms with Gasteiger partial charge in [0, 0.05) is 17.5 Å². The topological polar surface area (TPSA) is 49.3 Å². The number of thiazole rings is 1. The zero-order valence-electron chi connectivity index (χ0n) is 14.7. The van der Waals surface area contributed by atoms with Gasteiger partial charge in [-0.05, 0) is 39.0 Å². The number of aliphatic imine (C=N–C) groups is 1. The summed E-state index contributed by atoms with van der Waals surface area (Å²) in [6, 6.07) is 0.421. The molecule has 1 aromatic heterocycles. The molecule has 22 heavy (non-hydrogen) atoms. The van der Waals surface area contributed by atoms with E-state index in [2.05, 4.69) is 55.2 Å². The molecule has 0 fully saturated rings. The van der Waals surface area contributed by atoms with Crippen molar-refractivity contribution < 1.29 is 0 Å². The summed E-state index contributed by atoms with van der Waals surface area (Å²) in [5, 5.41) is 6.81. The highest BCUT2D eigenvalue weighted by molar-refractivity contribution is 14.0. The van der Waals surface area contributed by atoms with Gasteiger partial charge in [-0.15, -0.1) is 35.3 Å². The molecule has 0 saturated carbocycles. The standard InChI is InChI=1S/C16H30N4S.HI/c1-7-17-15(18-10-14-13(3)19-11-21-14)20-12(2)8-9-16(4,5)6;/h11-12H,7-10H2,1-6H3,(H2,17,18,20);1H. The number of aryl methyl sites for hydroxylation is 1. The van der Waals surface area contributed by atoms with Crippen LogP contribution in [0.15, 0.2) is 10.5 Å². The molecular formula is C16H31IN4S. The minimum atomic E-state index is 0. The quantitative estimate of drug-likeness (QED) is 0.395. The van der Waals surface area contributed by atoms with Gasteiger partial charge < -0.3 is 10.6 Å². The summed E-state index contributed by atoms with van der Waals surface area (Å²) < 4.78 is 0. The molecule has 0 aliphatic heterocycles. The summed E-state index contributed by atoms with van der Waals surface area (Å²) in [6.45, 7) is 14.8. The van der Waals surface area contributed by atoms with E-state index in [0.717, 1.165) is 24.6 Å². The zero-order valence-corrected chi connectivity index (χ0v) is 17.8. The first kappa shape index (κ1) is 21.6. The van der Waals surface area contributed by atoms with Gasteiger partial charge in [-0.1, -0.05) is 20.8 Å². The summed E-state index contributed by atoms with van der Waals surface area (Å²) in [4.78, 5) is 10.2. The van der Waals surface area contributed by atoms with Crippen molar-refractivity contribution in [3.63, 3.8) is 0 Å². The minimum absolute atomic E-state index is 0. The fourth-order valence-electron chi connectivity index (χ4n) is 1.90. The third-order valence-electron chi connectivity index (χ3n) is 3.28. The number of hydrogen-bond acceptors (Lipinski definition) is 3. The summed E-state index contributed by atoms with van der Waals surface area (Å²) >= 11 is 1.67. The highest BCUT2D eigenvalue weighted by atomic mass is 127. The van der Waals surface area contributed by atoms with Crippen molar-refractivity contribution in [2.75, 3.05) is 6.54 Å². The van der Waals surface area contributed by atoms with E-state index in [-0.39, 0.29) is 24.0 Å². The van der Waals surface area contributed by atoms with Crippen LogP contribution in [0.2, 0.25) is 0 Å². The molecule has 1 heterocycles. The summed E-state index contributed by atoms with van der Waals surface area (Å²) in [5.74, 6) is 0.895. The van der Waals surface area contributed by atoms with Crippen LogP contribution in [0.25, 0.3) is 0 Å². The van der Waals surface area contributed by atoms with E-state index in [0.29, 0.717) is 18.0 Å². The van der Waals surface area contributed by atoms with Crippen LogP contribution >= 0.6 is 35.3 Å². The van der Waals surface area contributed by atoms with Crippen LogP contribution in [0, 0.1) is 12.3 Å². The van der Waals surface area contributed by atoms with E-state index in [1.807, 2.05) is 12.4 Å². The van der Waals surface area contributed by atoms with Gasteiger partial charge in [0.05, 0.1) is 17.7 Å². The van der Waals surface area contributed by atoms with Crippen LogP contribution in [0.5, 0.6) is 0 Å². The highest BCUT2D eigenvalue weighted by Crippen LogP contribution is 2.21. The number of rotatable bonds is 6. The van der Waals surface area contributed by atoms with Crippen LogP contribution < -0.4 is 10.6 Å². The molecule has 1 unspecified atom stereocenters. The maximum atomic E-state index is 4.67. The number of nitrogens with one attached hydrogen (secondary N) is 2. The van der Waals surface area contributed by atoms with Crippen LogP contribution in [-0.2, 0) is 6.54 Å². The van der Waals surface area contributed by atoms with Gasteiger partial charge in [-0.25, -0.2) is 9.98 Å². The molecular weight excluding hydrogens is 407 g/mol. The van der Waals surface area contributed by atoms with Crippen LogP contribution in [0.3, 0.4) is 0 Å². The third-order valence-corrected chi connectivity index (χ3v) is 4.20. The first-order valence-electron chi connectivity index (χ1n) is 7.75. The van der Waals surface area contributed by atoms with E-state index in [4.69, 9.17) is 0 Å². The summed E-state index contributed by atoms with van der Waals surface area (Å²) in [6.07, 6.45) is 2.35. The fourth-order valence-corrected chi connectivity index (χ4v) is 2.60. The second kappa shape index (κ2) is 10.4. The van der Waals surface area contributed by atoms with E-state index in [9.17, 15) is 0 Å². The Bertz CT molecular complexity index is 451. The smallest absolute Gasteiger partial charge is 0.191 e. The molecule has 1 rings (SSSR count). The Hall–Kier alpha value is -0.370.